The predicted molar refractivity (Wildman–Crippen MR) is 30.0 cm³/mol. The monoisotopic (exact) mass is 99.1 g/mol. The molecule has 0 saturated heterocycles. The molecule has 0 rings (SSSR count). The highest BCUT2D eigenvalue weighted by atomic mass is 16.2. The van der Waals surface area contributed by atoms with Crippen LogP contribution in [0.15, 0.2) is 24.6 Å². The summed E-state index contributed by atoms with van der Waals surface area (Å²) in [5.41, 5.74) is 0.697. The van der Waals surface area contributed by atoms with E-state index in [9.17, 15) is 0 Å². The average Bonchev–Trinajstić information content (AvgIpc) is 1.68. The molecule has 0 aliphatic heterocycles. The normalized spacial score (nSPS) is 9.29. The molecule has 2 N–H and O–H groups in total. The van der Waals surface area contributed by atoms with E-state index in [4.69, 9.17) is 5.11 Å². The summed E-state index contributed by atoms with van der Waals surface area (Å²) in [6, 6.07) is 0. The van der Waals surface area contributed by atoms with Gasteiger partial charge in [0.1, 0.15) is 0 Å². The highest BCUT2D eigenvalue weighted by Gasteiger charge is 1.73. The van der Waals surface area contributed by atoms with Crippen molar-refractivity contribution in [1.29, 1.82) is 0 Å². The van der Waals surface area contributed by atoms with Crippen molar-refractivity contribution >= 4 is 0 Å². The van der Waals surface area contributed by atoms with E-state index in [2.05, 4.69) is 11.9 Å². The maximum Gasteiger partial charge on any atom is 0.0812 e. The zero-order chi connectivity index (χ0) is 5.70. The lowest BCUT2D eigenvalue weighted by atomic mass is 10.5. The molecule has 0 radical (unpaired) electrons. The first kappa shape index (κ1) is 6.08. The van der Waals surface area contributed by atoms with Crippen molar-refractivity contribution in [2.24, 2.45) is 0 Å². The predicted octanol–water partition coefficient (Wildman–Crippen LogP) is 0.791. The second-order valence-corrected chi connectivity index (χ2v) is 1.09. The fraction of sp³-hybridized carbons (Fsp3) is 0.200. The highest BCUT2D eigenvalue weighted by molar-refractivity contribution is 5.08. The number of nitrogens with one attached hydrogen (secondary N) is 1. The maximum atomic E-state index is 8.09. The Hall–Kier alpha value is -0.920. The van der Waals surface area contributed by atoms with Crippen LogP contribution in [0.25, 0.3) is 0 Å². The third kappa shape index (κ3) is 2.89. The van der Waals surface area contributed by atoms with Crippen LogP contribution in [0.1, 0.15) is 0 Å². The first-order valence-corrected chi connectivity index (χ1v) is 1.98. The topological polar surface area (TPSA) is 32.3 Å². The van der Waals surface area contributed by atoms with Crippen LogP contribution in [0, 0.1) is 0 Å². The van der Waals surface area contributed by atoms with Gasteiger partial charge in [-0.25, -0.2) is 0 Å². The summed E-state index contributed by atoms with van der Waals surface area (Å²) in [5, 5.41) is 10.8. The number of likely N-dealkylation sites (N-methyl/N-ethyl adjacent to an activating group) is 1. The summed E-state index contributed by atoms with van der Waals surface area (Å²) in [7, 11) is 1.74. The van der Waals surface area contributed by atoms with Crippen molar-refractivity contribution in [3.05, 3.63) is 24.6 Å². The molecular formula is C5H9NO. The second-order valence-electron chi connectivity index (χ2n) is 1.09. The van der Waals surface area contributed by atoms with Crippen LogP contribution in [-0.2, 0) is 0 Å². The van der Waals surface area contributed by atoms with Gasteiger partial charge in [-0.1, -0.05) is 6.58 Å². The fourth-order valence-corrected chi connectivity index (χ4v) is 0.173. The molecule has 40 valence electrons. The lowest BCUT2D eigenvalue weighted by Crippen LogP contribution is -2.00. The Kier molecular flexibility index (Phi) is 2.85. The second kappa shape index (κ2) is 3.28. The lowest BCUT2D eigenvalue weighted by molar-refractivity contribution is 0.473. The van der Waals surface area contributed by atoms with Crippen molar-refractivity contribution in [3.8, 4) is 0 Å². The van der Waals surface area contributed by atoms with E-state index in [1.807, 2.05) is 0 Å². The van der Waals surface area contributed by atoms with Crippen LogP contribution in [0.3, 0.4) is 0 Å². The van der Waals surface area contributed by atoms with E-state index in [0.717, 1.165) is 6.26 Å². The van der Waals surface area contributed by atoms with Crippen molar-refractivity contribution in [3.63, 3.8) is 0 Å². The molecule has 0 aromatic carbocycles. The van der Waals surface area contributed by atoms with E-state index >= 15 is 0 Å². The van der Waals surface area contributed by atoms with Gasteiger partial charge in [-0.3, -0.25) is 0 Å². The minimum absolute atomic E-state index is 0.697. The van der Waals surface area contributed by atoms with Crippen LogP contribution in [0.5, 0.6) is 0 Å². The fourth-order valence-electron chi connectivity index (χ4n) is 0.173. The Labute approximate surface area is 43.2 Å². The van der Waals surface area contributed by atoms with Gasteiger partial charge in [0.25, 0.3) is 0 Å². The molecular weight excluding hydrogens is 90.1 g/mol. The first-order valence-electron chi connectivity index (χ1n) is 1.98. The summed E-state index contributed by atoms with van der Waals surface area (Å²) < 4.78 is 0. The van der Waals surface area contributed by atoms with Gasteiger partial charge in [0.05, 0.1) is 6.26 Å². The van der Waals surface area contributed by atoms with Crippen molar-refractivity contribution in [1.82, 2.24) is 5.32 Å². The number of allylic oxidation sites excluding steroid dienone is 1. The molecule has 0 spiro atoms. The molecule has 0 aliphatic rings. The lowest BCUT2D eigenvalue weighted by Gasteiger charge is -1.91. The zero-order valence-corrected chi connectivity index (χ0v) is 4.31. The largest absolute Gasteiger partial charge is 0.516 e. The molecule has 7 heavy (non-hydrogen) atoms. The molecule has 0 heterocycles. The Balaban J connectivity index is 3.37. The molecule has 0 saturated carbocycles. The first-order chi connectivity index (χ1) is 3.31. The highest BCUT2D eigenvalue weighted by Crippen LogP contribution is 1.79. The molecule has 0 aliphatic carbocycles. The van der Waals surface area contributed by atoms with Gasteiger partial charge in [-0.2, -0.15) is 0 Å². The third-order valence-electron chi connectivity index (χ3n) is 0.597. The smallest absolute Gasteiger partial charge is 0.0812 e. The minimum atomic E-state index is 0.697. The SMILES string of the molecule is C=C(/C=C/O)NC. The van der Waals surface area contributed by atoms with Gasteiger partial charge in [0, 0.05) is 12.7 Å². The summed E-state index contributed by atoms with van der Waals surface area (Å²) in [6.45, 7) is 3.50. The van der Waals surface area contributed by atoms with E-state index in [1.165, 1.54) is 6.08 Å². The molecule has 0 atom stereocenters. The van der Waals surface area contributed by atoms with Gasteiger partial charge in [-0.15, -0.1) is 0 Å². The molecule has 0 unspecified atom stereocenters. The zero-order valence-electron chi connectivity index (χ0n) is 4.31. The van der Waals surface area contributed by atoms with Crippen LogP contribution < -0.4 is 5.32 Å². The van der Waals surface area contributed by atoms with Crippen LogP contribution in [0.2, 0.25) is 0 Å². The van der Waals surface area contributed by atoms with Crippen LogP contribution in [-0.4, -0.2) is 12.2 Å². The average molecular weight is 99.1 g/mol. The summed E-state index contributed by atoms with van der Waals surface area (Å²) >= 11 is 0. The number of hydrogen-bond acceptors (Lipinski definition) is 2. The molecule has 0 aromatic heterocycles. The molecule has 0 amide bonds. The van der Waals surface area contributed by atoms with Crippen LogP contribution >= 0.6 is 0 Å². The van der Waals surface area contributed by atoms with Crippen molar-refractivity contribution in [2.45, 2.75) is 0 Å². The van der Waals surface area contributed by atoms with Gasteiger partial charge in [-0.05, 0) is 6.08 Å². The van der Waals surface area contributed by atoms with E-state index in [-0.39, 0.29) is 0 Å². The van der Waals surface area contributed by atoms with E-state index in [1.54, 1.807) is 7.05 Å². The molecule has 2 nitrogen and oxygen atoms in total. The minimum Gasteiger partial charge on any atom is -0.516 e. The van der Waals surface area contributed by atoms with E-state index in [0.29, 0.717) is 5.70 Å². The summed E-state index contributed by atoms with van der Waals surface area (Å²) in [4.78, 5) is 0. The van der Waals surface area contributed by atoms with Gasteiger partial charge >= 0.3 is 0 Å². The Bertz CT molecular complexity index is 86.1. The molecule has 2 heteroatoms. The summed E-state index contributed by atoms with van der Waals surface area (Å²) in [5.74, 6) is 0. The Morgan fingerprint density at radius 1 is 1.86 bits per heavy atom. The molecule has 0 fully saturated rings. The van der Waals surface area contributed by atoms with Gasteiger partial charge < -0.3 is 10.4 Å². The van der Waals surface area contributed by atoms with Gasteiger partial charge in [0.15, 0.2) is 0 Å². The Morgan fingerprint density at radius 2 is 2.43 bits per heavy atom. The Morgan fingerprint density at radius 3 is 2.57 bits per heavy atom. The van der Waals surface area contributed by atoms with E-state index < -0.39 is 0 Å². The number of aliphatic hydroxyl groups excluding tert-OH is 1. The number of rotatable bonds is 2. The quantitative estimate of drug-likeness (QED) is 0.396. The molecule has 0 bridgehead atoms. The van der Waals surface area contributed by atoms with Crippen molar-refractivity contribution < 1.29 is 5.11 Å². The number of aliphatic hydroxyl groups is 1. The third-order valence-corrected chi connectivity index (χ3v) is 0.597. The maximum absolute atomic E-state index is 8.09. The molecule has 0 aromatic rings. The van der Waals surface area contributed by atoms with Crippen molar-refractivity contribution in [2.75, 3.05) is 7.05 Å². The number of hydrogen-bond donors (Lipinski definition) is 2. The van der Waals surface area contributed by atoms with Crippen LogP contribution in [0.4, 0.5) is 0 Å². The summed E-state index contributed by atoms with van der Waals surface area (Å²) in [6.07, 6.45) is 2.42. The standard InChI is InChI=1S/C5H9NO/c1-5(6-2)3-4-7/h3-4,6-7H,1H2,2H3/b4-3+. The van der Waals surface area contributed by atoms with Gasteiger partial charge in [0.2, 0.25) is 0 Å².